The minimum Gasteiger partial charge on any atom is -0.497 e. The highest BCUT2D eigenvalue weighted by atomic mass is 16.5. The number of carbonyl (C=O) groups excluding carboxylic acids is 2. The summed E-state index contributed by atoms with van der Waals surface area (Å²) < 4.78 is 5.17. The van der Waals surface area contributed by atoms with E-state index in [1.54, 1.807) is 37.6 Å². The van der Waals surface area contributed by atoms with Crippen molar-refractivity contribution in [3.8, 4) is 5.75 Å². The van der Waals surface area contributed by atoms with Gasteiger partial charge in [-0.05, 0) is 47.5 Å². The number of carbonyl (C=O) groups is 2. The van der Waals surface area contributed by atoms with Crippen molar-refractivity contribution >= 4 is 17.5 Å². The summed E-state index contributed by atoms with van der Waals surface area (Å²) in [5.74, 6) is 0.448. The van der Waals surface area contributed by atoms with E-state index in [2.05, 4.69) is 15.6 Å². The van der Waals surface area contributed by atoms with E-state index < -0.39 is 0 Å². The van der Waals surface area contributed by atoms with Gasteiger partial charge in [-0.15, -0.1) is 0 Å². The van der Waals surface area contributed by atoms with Crippen LogP contribution in [0.15, 0.2) is 73.1 Å². The largest absolute Gasteiger partial charge is 0.497 e. The van der Waals surface area contributed by atoms with Crippen LogP contribution < -0.4 is 15.4 Å². The first-order chi connectivity index (χ1) is 13.6. The lowest BCUT2D eigenvalue weighted by molar-refractivity contribution is -0.120. The Hall–Kier alpha value is -3.67. The quantitative estimate of drug-likeness (QED) is 0.665. The number of rotatable bonds is 7. The third-order valence-electron chi connectivity index (χ3n) is 4.12. The molecule has 3 rings (SSSR count). The van der Waals surface area contributed by atoms with Crippen LogP contribution in [0.1, 0.15) is 21.5 Å². The van der Waals surface area contributed by atoms with E-state index in [0.29, 0.717) is 17.8 Å². The van der Waals surface area contributed by atoms with E-state index in [4.69, 9.17) is 4.74 Å². The number of anilines is 1. The number of methoxy groups -OCH3 is 1. The fraction of sp³-hybridized carbons (Fsp3) is 0.136. The molecule has 1 aromatic heterocycles. The summed E-state index contributed by atoms with van der Waals surface area (Å²) in [7, 11) is 1.60. The highest BCUT2D eigenvalue weighted by Gasteiger charge is 2.07. The number of hydrogen-bond donors (Lipinski definition) is 2. The number of nitrogens with zero attached hydrogens (tertiary/aromatic N) is 1. The lowest BCUT2D eigenvalue weighted by Crippen LogP contribution is -2.24. The summed E-state index contributed by atoms with van der Waals surface area (Å²) in [5.41, 5.74) is 3.01. The third-order valence-corrected chi connectivity index (χ3v) is 4.12. The van der Waals surface area contributed by atoms with Crippen LogP contribution in [0.25, 0.3) is 0 Å². The number of pyridine rings is 1. The summed E-state index contributed by atoms with van der Waals surface area (Å²) in [4.78, 5) is 28.2. The molecule has 0 aliphatic rings. The first kappa shape index (κ1) is 19.1. The molecular weight excluding hydrogens is 354 g/mol. The van der Waals surface area contributed by atoms with E-state index >= 15 is 0 Å². The van der Waals surface area contributed by atoms with Crippen molar-refractivity contribution < 1.29 is 14.3 Å². The minimum absolute atomic E-state index is 0.0674. The van der Waals surface area contributed by atoms with Crippen molar-refractivity contribution in [2.24, 2.45) is 0 Å². The zero-order chi connectivity index (χ0) is 19.8. The first-order valence-electron chi connectivity index (χ1n) is 8.84. The van der Waals surface area contributed by atoms with E-state index in [-0.39, 0.29) is 18.2 Å². The molecule has 1 heterocycles. The molecular formula is C22H21N3O3. The second-order valence-electron chi connectivity index (χ2n) is 6.20. The maximum absolute atomic E-state index is 12.1. The summed E-state index contributed by atoms with van der Waals surface area (Å²) in [6.45, 7) is 0.416. The second kappa shape index (κ2) is 9.32. The smallest absolute Gasteiger partial charge is 0.257 e. The van der Waals surface area contributed by atoms with Gasteiger partial charge < -0.3 is 15.4 Å². The fourth-order valence-corrected chi connectivity index (χ4v) is 2.64. The van der Waals surface area contributed by atoms with Crippen molar-refractivity contribution in [2.45, 2.75) is 13.0 Å². The van der Waals surface area contributed by atoms with E-state index in [1.165, 1.54) is 6.20 Å². The summed E-state index contributed by atoms with van der Waals surface area (Å²) in [6.07, 6.45) is 3.42. The molecule has 6 heteroatoms. The van der Waals surface area contributed by atoms with Crippen LogP contribution in [0, 0.1) is 0 Å². The molecule has 142 valence electrons. The summed E-state index contributed by atoms with van der Waals surface area (Å²) in [6, 6.07) is 18.2. The number of aromatic nitrogens is 1. The highest BCUT2D eigenvalue weighted by Crippen LogP contribution is 2.14. The molecule has 0 spiro atoms. The maximum atomic E-state index is 12.1. The second-order valence-corrected chi connectivity index (χ2v) is 6.20. The Balaban J connectivity index is 1.50. The van der Waals surface area contributed by atoms with Crippen LogP contribution in [-0.2, 0) is 17.8 Å². The molecule has 0 saturated carbocycles. The van der Waals surface area contributed by atoms with Crippen LogP contribution in [0.2, 0.25) is 0 Å². The Morgan fingerprint density at radius 3 is 2.54 bits per heavy atom. The van der Waals surface area contributed by atoms with E-state index in [1.807, 2.05) is 36.4 Å². The van der Waals surface area contributed by atoms with Gasteiger partial charge in [-0.1, -0.05) is 24.3 Å². The first-order valence-corrected chi connectivity index (χ1v) is 8.84. The molecule has 6 nitrogen and oxygen atoms in total. The monoisotopic (exact) mass is 375 g/mol. The number of amides is 2. The van der Waals surface area contributed by atoms with Gasteiger partial charge in [0.15, 0.2) is 0 Å². The van der Waals surface area contributed by atoms with Crippen molar-refractivity contribution in [2.75, 3.05) is 12.4 Å². The van der Waals surface area contributed by atoms with E-state index in [0.717, 1.165) is 16.9 Å². The molecule has 28 heavy (non-hydrogen) atoms. The van der Waals surface area contributed by atoms with Gasteiger partial charge in [0.05, 0.1) is 19.1 Å². The number of hydrogen-bond acceptors (Lipinski definition) is 4. The predicted molar refractivity (Wildman–Crippen MR) is 107 cm³/mol. The Kier molecular flexibility index (Phi) is 6.36. The summed E-state index contributed by atoms with van der Waals surface area (Å²) in [5, 5.41) is 5.71. The molecule has 2 amide bonds. The van der Waals surface area contributed by atoms with Gasteiger partial charge in [0.25, 0.3) is 5.91 Å². The van der Waals surface area contributed by atoms with Crippen LogP contribution in [0.3, 0.4) is 0 Å². The van der Waals surface area contributed by atoms with Crippen LogP contribution in [0.4, 0.5) is 5.69 Å². The zero-order valence-electron chi connectivity index (χ0n) is 15.5. The van der Waals surface area contributed by atoms with Crippen LogP contribution in [0.5, 0.6) is 5.75 Å². The zero-order valence-corrected chi connectivity index (χ0v) is 15.5. The number of ether oxygens (including phenoxy) is 1. The molecule has 2 N–H and O–H groups in total. The van der Waals surface area contributed by atoms with Gasteiger partial charge in [-0.3, -0.25) is 14.6 Å². The molecule has 0 bridgehead atoms. The SMILES string of the molecule is COc1cccc(CC(=O)NCc2ccc(NC(=O)c3cccnc3)cc2)c1. The molecule has 0 unspecified atom stereocenters. The van der Waals surface area contributed by atoms with E-state index in [9.17, 15) is 9.59 Å². The molecule has 0 radical (unpaired) electrons. The van der Waals surface area contributed by atoms with Crippen molar-refractivity contribution in [3.63, 3.8) is 0 Å². The normalized spacial score (nSPS) is 10.2. The number of benzene rings is 2. The van der Waals surface area contributed by atoms with Gasteiger partial charge in [-0.25, -0.2) is 0 Å². The average molecular weight is 375 g/mol. The number of nitrogens with one attached hydrogen (secondary N) is 2. The third kappa shape index (κ3) is 5.41. The van der Waals surface area contributed by atoms with Gasteiger partial charge in [0, 0.05) is 24.6 Å². The Morgan fingerprint density at radius 2 is 1.82 bits per heavy atom. The van der Waals surface area contributed by atoms with Crippen LogP contribution >= 0.6 is 0 Å². The maximum Gasteiger partial charge on any atom is 0.257 e. The van der Waals surface area contributed by atoms with Gasteiger partial charge in [-0.2, -0.15) is 0 Å². The van der Waals surface area contributed by atoms with Crippen LogP contribution in [-0.4, -0.2) is 23.9 Å². The Labute approximate surface area is 163 Å². The van der Waals surface area contributed by atoms with Crippen molar-refractivity contribution in [1.82, 2.24) is 10.3 Å². The minimum atomic E-state index is -0.215. The lowest BCUT2D eigenvalue weighted by Gasteiger charge is -2.08. The molecule has 0 aliphatic heterocycles. The Morgan fingerprint density at radius 1 is 1.00 bits per heavy atom. The molecule has 0 saturated heterocycles. The predicted octanol–water partition coefficient (Wildman–Crippen LogP) is 3.20. The lowest BCUT2D eigenvalue weighted by atomic mass is 10.1. The Bertz CT molecular complexity index is 941. The fourth-order valence-electron chi connectivity index (χ4n) is 2.64. The average Bonchev–Trinajstić information content (AvgIpc) is 2.74. The molecule has 2 aromatic carbocycles. The highest BCUT2D eigenvalue weighted by molar-refractivity contribution is 6.04. The standard InChI is InChI=1S/C22H21N3O3/c1-28-20-6-2-4-17(12-20)13-21(26)24-14-16-7-9-19(10-8-16)25-22(27)18-5-3-11-23-15-18/h2-12,15H,13-14H2,1H3,(H,24,26)(H,25,27). The molecule has 0 fully saturated rings. The van der Waals surface area contributed by atoms with Gasteiger partial charge >= 0.3 is 0 Å². The molecule has 3 aromatic rings. The van der Waals surface area contributed by atoms with Crippen molar-refractivity contribution in [3.05, 3.63) is 89.7 Å². The topological polar surface area (TPSA) is 80.3 Å². The molecule has 0 aliphatic carbocycles. The van der Waals surface area contributed by atoms with Crippen molar-refractivity contribution in [1.29, 1.82) is 0 Å². The molecule has 0 atom stereocenters. The van der Waals surface area contributed by atoms with Gasteiger partial charge in [0.2, 0.25) is 5.91 Å². The summed E-state index contributed by atoms with van der Waals surface area (Å²) >= 11 is 0. The van der Waals surface area contributed by atoms with Gasteiger partial charge in [0.1, 0.15) is 5.75 Å².